The van der Waals surface area contributed by atoms with Crippen molar-refractivity contribution in [1.29, 1.82) is 0 Å². The molecule has 0 heterocycles. The van der Waals surface area contributed by atoms with Gasteiger partial charge in [-0.25, -0.2) is 4.79 Å². The third-order valence-corrected chi connectivity index (χ3v) is 2.81. The van der Waals surface area contributed by atoms with Gasteiger partial charge in [-0.2, -0.15) is 0 Å². The van der Waals surface area contributed by atoms with Crippen LogP contribution in [0.15, 0.2) is 60.7 Å². The van der Waals surface area contributed by atoms with Crippen LogP contribution in [-0.4, -0.2) is 16.9 Å². The number of ketones is 1. The molecule has 0 atom stereocenters. The lowest BCUT2D eigenvalue weighted by atomic mass is 10.0. The number of benzene rings is 2. The average molecular weight is 282 g/mol. The van der Waals surface area contributed by atoms with Crippen LogP contribution in [0.1, 0.15) is 22.8 Å². The fraction of sp³-hybridized carbons (Fsp3) is 0.0588. The molecule has 4 nitrogen and oxygen atoms in total. The first-order chi connectivity index (χ1) is 9.99. The molecule has 0 aromatic heterocycles. The Kier molecular flexibility index (Phi) is 4.18. The van der Waals surface area contributed by atoms with E-state index in [0.717, 1.165) is 0 Å². The van der Waals surface area contributed by atoms with E-state index in [2.05, 4.69) is 6.58 Å². The molecular formula is C17H14O4. The zero-order chi connectivity index (χ0) is 15.4. The molecule has 0 saturated carbocycles. The molecule has 0 radical (unpaired) electrons. The summed E-state index contributed by atoms with van der Waals surface area (Å²) in [6, 6.07) is 12.6. The molecule has 2 aromatic carbocycles. The van der Waals surface area contributed by atoms with E-state index in [-0.39, 0.29) is 28.4 Å². The van der Waals surface area contributed by atoms with Crippen molar-refractivity contribution in [2.45, 2.75) is 6.92 Å². The number of carbonyl (C=O) groups excluding carboxylic acids is 2. The third-order valence-electron chi connectivity index (χ3n) is 2.81. The predicted molar refractivity (Wildman–Crippen MR) is 78.4 cm³/mol. The smallest absolute Gasteiger partial charge is 0.338 e. The highest BCUT2D eigenvalue weighted by molar-refractivity contribution is 6.10. The maximum absolute atomic E-state index is 12.3. The first kappa shape index (κ1) is 14.5. The number of rotatable bonds is 4. The minimum absolute atomic E-state index is 0.0771. The summed E-state index contributed by atoms with van der Waals surface area (Å²) in [5.41, 5.74) is 0.767. The molecule has 2 rings (SSSR count). The summed E-state index contributed by atoms with van der Waals surface area (Å²) in [7, 11) is 0. The lowest BCUT2D eigenvalue weighted by molar-refractivity contribution is -0.130. The van der Waals surface area contributed by atoms with Crippen LogP contribution < -0.4 is 4.74 Å². The van der Waals surface area contributed by atoms with Crippen molar-refractivity contribution in [3.63, 3.8) is 0 Å². The van der Waals surface area contributed by atoms with Gasteiger partial charge in [0.25, 0.3) is 0 Å². The molecule has 0 fully saturated rings. The molecule has 106 valence electrons. The second-order valence-corrected chi connectivity index (χ2v) is 4.54. The number of hydrogen-bond donors (Lipinski definition) is 1. The molecule has 21 heavy (non-hydrogen) atoms. The van der Waals surface area contributed by atoms with Crippen molar-refractivity contribution in [2.24, 2.45) is 0 Å². The Morgan fingerprint density at radius 2 is 1.76 bits per heavy atom. The van der Waals surface area contributed by atoms with E-state index >= 15 is 0 Å². The first-order valence-corrected chi connectivity index (χ1v) is 6.29. The number of esters is 1. The van der Waals surface area contributed by atoms with E-state index in [9.17, 15) is 14.7 Å². The summed E-state index contributed by atoms with van der Waals surface area (Å²) in [5, 5.41) is 9.83. The van der Waals surface area contributed by atoms with E-state index in [1.165, 1.54) is 25.1 Å². The van der Waals surface area contributed by atoms with Gasteiger partial charge in [0.05, 0.1) is 5.56 Å². The van der Waals surface area contributed by atoms with Gasteiger partial charge in [-0.3, -0.25) is 4.79 Å². The molecular weight excluding hydrogens is 268 g/mol. The van der Waals surface area contributed by atoms with E-state index in [1.54, 1.807) is 30.3 Å². The molecule has 0 amide bonds. The molecule has 0 aliphatic heterocycles. The normalized spacial score (nSPS) is 9.95. The molecule has 0 unspecified atom stereocenters. The molecule has 0 aliphatic rings. The summed E-state index contributed by atoms with van der Waals surface area (Å²) in [5.74, 6) is -0.917. The number of hydrogen-bond acceptors (Lipinski definition) is 4. The van der Waals surface area contributed by atoms with Gasteiger partial charge in [0.1, 0.15) is 11.5 Å². The maximum atomic E-state index is 12.3. The van der Waals surface area contributed by atoms with Gasteiger partial charge in [0.15, 0.2) is 5.78 Å². The Labute approximate surface area is 122 Å². The summed E-state index contributed by atoms with van der Waals surface area (Å²) in [6.07, 6.45) is 0. The largest absolute Gasteiger partial charge is 0.507 e. The Morgan fingerprint density at radius 3 is 2.38 bits per heavy atom. The highest BCUT2D eigenvalue weighted by Crippen LogP contribution is 2.26. The summed E-state index contributed by atoms with van der Waals surface area (Å²) in [4.78, 5) is 23.8. The maximum Gasteiger partial charge on any atom is 0.338 e. The van der Waals surface area contributed by atoms with E-state index < -0.39 is 5.97 Å². The van der Waals surface area contributed by atoms with Crippen LogP contribution in [0.4, 0.5) is 0 Å². The van der Waals surface area contributed by atoms with Crippen LogP contribution in [0.25, 0.3) is 0 Å². The van der Waals surface area contributed by atoms with Gasteiger partial charge in [0.2, 0.25) is 0 Å². The van der Waals surface area contributed by atoms with Crippen molar-refractivity contribution >= 4 is 11.8 Å². The topological polar surface area (TPSA) is 63.6 Å². The van der Waals surface area contributed by atoms with Crippen molar-refractivity contribution < 1.29 is 19.4 Å². The molecule has 0 aliphatic carbocycles. The number of ether oxygens (including phenoxy) is 1. The van der Waals surface area contributed by atoms with Crippen molar-refractivity contribution in [3.05, 3.63) is 71.8 Å². The van der Waals surface area contributed by atoms with Gasteiger partial charge < -0.3 is 9.84 Å². The second-order valence-electron chi connectivity index (χ2n) is 4.54. The van der Waals surface area contributed by atoms with E-state index in [0.29, 0.717) is 5.56 Å². The number of phenolic OH excluding ortho intramolecular Hbond substituents is 1. The molecule has 0 saturated heterocycles. The van der Waals surface area contributed by atoms with E-state index in [1.807, 2.05) is 0 Å². The van der Waals surface area contributed by atoms with Gasteiger partial charge in [-0.1, -0.05) is 36.9 Å². The van der Waals surface area contributed by atoms with Crippen molar-refractivity contribution in [2.75, 3.05) is 0 Å². The third kappa shape index (κ3) is 3.36. The summed E-state index contributed by atoms with van der Waals surface area (Å²) in [6.45, 7) is 5.01. The minimum atomic E-state index is -0.584. The Hall–Kier alpha value is -2.88. The Bertz CT molecular complexity index is 702. The van der Waals surface area contributed by atoms with Crippen LogP contribution in [0.2, 0.25) is 0 Å². The van der Waals surface area contributed by atoms with Crippen molar-refractivity contribution in [1.82, 2.24) is 0 Å². The SMILES string of the molecule is C=C(C)C(=O)Oc1ccc(O)c(C(=O)c2ccccc2)c1. The fourth-order valence-electron chi connectivity index (χ4n) is 1.70. The summed E-state index contributed by atoms with van der Waals surface area (Å²) < 4.78 is 5.06. The molecule has 4 heteroatoms. The Balaban J connectivity index is 2.34. The zero-order valence-corrected chi connectivity index (χ0v) is 11.5. The standard InChI is InChI=1S/C17H14O4/c1-11(2)17(20)21-13-8-9-15(18)14(10-13)16(19)12-6-4-3-5-7-12/h3-10,18H,1H2,2H3. The quantitative estimate of drug-likeness (QED) is 0.405. The predicted octanol–water partition coefficient (Wildman–Crippen LogP) is 3.10. The number of phenols is 1. The zero-order valence-electron chi connectivity index (χ0n) is 11.5. The van der Waals surface area contributed by atoms with Crippen LogP contribution >= 0.6 is 0 Å². The molecule has 2 aromatic rings. The second kappa shape index (κ2) is 6.05. The summed E-state index contributed by atoms with van der Waals surface area (Å²) >= 11 is 0. The lowest BCUT2D eigenvalue weighted by Crippen LogP contribution is -2.09. The van der Waals surface area contributed by atoms with Crippen LogP contribution in [0.5, 0.6) is 11.5 Å². The highest BCUT2D eigenvalue weighted by atomic mass is 16.5. The van der Waals surface area contributed by atoms with Gasteiger partial charge in [-0.05, 0) is 25.1 Å². The van der Waals surface area contributed by atoms with E-state index in [4.69, 9.17) is 4.74 Å². The fourth-order valence-corrected chi connectivity index (χ4v) is 1.70. The van der Waals surface area contributed by atoms with Crippen molar-refractivity contribution in [3.8, 4) is 11.5 Å². The van der Waals surface area contributed by atoms with Gasteiger partial charge in [-0.15, -0.1) is 0 Å². The van der Waals surface area contributed by atoms with Gasteiger partial charge in [0, 0.05) is 11.1 Å². The van der Waals surface area contributed by atoms with Crippen LogP contribution in [0.3, 0.4) is 0 Å². The highest BCUT2D eigenvalue weighted by Gasteiger charge is 2.15. The first-order valence-electron chi connectivity index (χ1n) is 6.29. The molecule has 0 bridgehead atoms. The average Bonchev–Trinajstić information content (AvgIpc) is 2.49. The molecule has 0 spiro atoms. The minimum Gasteiger partial charge on any atom is -0.507 e. The van der Waals surface area contributed by atoms with Crippen LogP contribution in [0, 0.1) is 0 Å². The van der Waals surface area contributed by atoms with Gasteiger partial charge >= 0.3 is 5.97 Å². The number of aromatic hydroxyl groups is 1. The lowest BCUT2D eigenvalue weighted by Gasteiger charge is -2.08. The number of carbonyl (C=O) groups is 2. The molecule has 1 N–H and O–H groups in total. The van der Waals surface area contributed by atoms with Crippen LogP contribution in [-0.2, 0) is 4.79 Å². The Morgan fingerprint density at radius 1 is 1.10 bits per heavy atom. The monoisotopic (exact) mass is 282 g/mol.